The van der Waals surface area contributed by atoms with Crippen LogP contribution in [0, 0.1) is 0 Å². The molecule has 8 heavy (non-hydrogen) atoms. The highest BCUT2D eigenvalue weighted by molar-refractivity contribution is 5.75. The lowest BCUT2D eigenvalue weighted by Gasteiger charge is -1.90. The van der Waals surface area contributed by atoms with Crippen molar-refractivity contribution in [2.24, 2.45) is 0 Å². The molecule has 0 aromatic carbocycles. The highest BCUT2D eigenvalue weighted by Crippen LogP contribution is 1.59. The van der Waals surface area contributed by atoms with E-state index in [-0.39, 0.29) is 8.41 Å². The molecule has 1 nitrogen and oxygen atoms in total. The highest BCUT2D eigenvalue weighted by Gasteiger charge is 1.69. The molecule has 0 aliphatic rings. The Bertz CT molecular complexity index is 53.5. The van der Waals surface area contributed by atoms with Crippen LogP contribution in [0.2, 0.25) is 0 Å². The van der Waals surface area contributed by atoms with Crippen molar-refractivity contribution in [1.29, 1.82) is 0 Å². The minimum absolute atomic E-state index is 0. The van der Waals surface area contributed by atoms with Crippen molar-refractivity contribution in [2.45, 2.75) is 0 Å². The van der Waals surface area contributed by atoms with Crippen molar-refractivity contribution in [3.8, 4) is 0 Å². The molecule has 0 heterocycles. The number of hydrogen-bond donors (Lipinski definition) is 1. The molecular formula is C6H11BN. The van der Waals surface area contributed by atoms with Gasteiger partial charge in [0.05, 0.1) is 0 Å². The van der Waals surface area contributed by atoms with Crippen LogP contribution in [-0.2, 0) is 0 Å². The van der Waals surface area contributed by atoms with Gasteiger partial charge < -0.3 is 5.32 Å². The number of nitrogens with one attached hydrogen (secondary N) is 1. The van der Waals surface area contributed by atoms with Gasteiger partial charge in [-0.2, -0.15) is 0 Å². The van der Waals surface area contributed by atoms with Crippen molar-refractivity contribution >= 4 is 8.41 Å². The first kappa shape index (κ1) is 10.5. The van der Waals surface area contributed by atoms with E-state index in [9.17, 15) is 0 Å². The average molecular weight is 108 g/mol. The van der Waals surface area contributed by atoms with E-state index in [1.54, 1.807) is 0 Å². The first-order valence-electron chi connectivity index (χ1n) is 2.34. The summed E-state index contributed by atoms with van der Waals surface area (Å²) in [4.78, 5) is 0. The Balaban J connectivity index is 0. The predicted molar refractivity (Wildman–Crippen MR) is 39.0 cm³/mol. The zero-order valence-electron chi connectivity index (χ0n) is 5.06. The van der Waals surface area contributed by atoms with Crippen LogP contribution in [0.4, 0.5) is 0 Å². The van der Waals surface area contributed by atoms with Crippen LogP contribution in [-0.4, -0.2) is 21.5 Å². The summed E-state index contributed by atoms with van der Waals surface area (Å²) in [5, 5.41) is 3.05. The van der Waals surface area contributed by atoms with E-state index in [0.717, 1.165) is 13.1 Å². The molecule has 43 valence electrons. The molecule has 1 N–H and O–H groups in total. The Hall–Kier alpha value is -0.495. The maximum Gasteiger partial charge on any atom is 0.0135 e. The molecule has 0 aliphatic carbocycles. The molecule has 0 bridgehead atoms. The molecule has 0 atom stereocenters. The fourth-order valence-electron chi connectivity index (χ4n) is 0.287. The average Bonchev–Trinajstić information content (AvgIpc) is 1.69. The third kappa shape index (κ3) is 9.09. The molecule has 0 spiro atoms. The van der Waals surface area contributed by atoms with Crippen molar-refractivity contribution < 1.29 is 0 Å². The van der Waals surface area contributed by atoms with Crippen LogP contribution < -0.4 is 5.32 Å². The minimum Gasteiger partial charge on any atom is -0.310 e. The van der Waals surface area contributed by atoms with Gasteiger partial charge in [-0.3, -0.25) is 0 Å². The fraction of sp³-hybridized carbons (Fsp3) is 0.333. The Kier molecular flexibility index (Phi) is 12.7. The van der Waals surface area contributed by atoms with Crippen LogP contribution >= 0.6 is 0 Å². The minimum atomic E-state index is 0. The van der Waals surface area contributed by atoms with E-state index in [4.69, 9.17) is 0 Å². The molecule has 2 heteroatoms. The monoisotopic (exact) mass is 108 g/mol. The van der Waals surface area contributed by atoms with Crippen molar-refractivity contribution in [3.63, 3.8) is 0 Å². The van der Waals surface area contributed by atoms with Crippen molar-refractivity contribution in [1.82, 2.24) is 5.32 Å². The summed E-state index contributed by atoms with van der Waals surface area (Å²) < 4.78 is 0. The Morgan fingerprint density at radius 3 is 1.75 bits per heavy atom. The van der Waals surface area contributed by atoms with Crippen LogP contribution in [0.15, 0.2) is 25.3 Å². The SMILES string of the molecule is C=CCNCC=C.[B]. The fourth-order valence-corrected chi connectivity index (χ4v) is 0.287. The summed E-state index contributed by atoms with van der Waals surface area (Å²) in [6, 6.07) is 0. The van der Waals surface area contributed by atoms with Gasteiger partial charge in [-0.1, -0.05) is 12.2 Å². The smallest absolute Gasteiger partial charge is 0.0135 e. The lowest BCUT2D eigenvalue weighted by Crippen LogP contribution is -2.11. The highest BCUT2D eigenvalue weighted by atomic mass is 14.8. The van der Waals surface area contributed by atoms with E-state index < -0.39 is 0 Å². The van der Waals surface area contributed by atoms with Crippen LogP contribution in [0.5, 0.6) is 0 Å². The second-order valence-electron chi connectivity index (χ2n) is 1.24. The maximum atomic E-state index is 3.54. The third-order valence-corrected chi connectivity index (χ3v) is 0.577. The normalized spacial score (nSPS) is 7.00. The van der Waals surface area contributed by atoms with Crippen molar-refractivity contribution in [2.75, 3.05) is 13.1 Å². The van der Waals surface area contributed by atoms with Crippen LogP contribution in [0.3, 0.4) is 0 Å². The second kappa shape index (κ2) is 9.71. The Labute approximate surface area is 53.1 Å². The van der Waals surface area contributed by atoms with E-state index in [1.807, 2.05) is 12.2 Å². The van der Waals surface area contributed by atoms with Gasteiger partial charge >= 0.3 is 0 Å². The summed E-state index contributed by atoms with van der Waals surface area (Å²) in [6.07, 6.45) is 3.65. The van der Waals surface area contributed by atoms with Gasteiger partial charge in [0.1, 0.15) is 0 Å². The zero-order chi connectivity index (χ0) is 5.54. The van der Waals surface area contributed by atoms with Crippen LogP contribution in [0.1, 0.15) is 0 Å². The van der Waals surface area contributed by atoms with Gasteiger partial charge in [0.15, 0.2) is 0 Å². The molecule has 0 aromatic heterocycles. The third-order valence-electron chi connectivity index (χ3n) is 0.577. The van der Waals surface area contributed by atoms with Gasteiger partial charge in [-0.05, 0) is 0 Å². The topological polar surface area (TPSA) is 12.0 Å². The van der Waals surface area contributed by atoms with Gasteiger partial charge in [0.2, 0.25) is 0 Å². The first-order valence-corrected chi connectivity index (χ1v) is 2.34. The Morgan fingerprint density at radius 2 is 1.50 bits per heavy atom. The number of hydrogen-bond acceptors (Lipinski definition) is 1. The molecule has 0 rings (SSSR count). The maximum absolute atomic E-state index is 3.54. The quantitative estimate of drug-likeness (QED) is 0.315. The lowest BCUT2D eigenvalue weighted by atomic mass is 10.5. The lowest BCUT2D eigenvalue weighted by molar-refractivity contribution is 0.845. The van der Waals surface area contributed by atoms with E-state index in [1.165, 1.54) is 0 Å². The molecule has 0 aliphatic heterocycles. The van der Waals surface area contributed by atoms with E-state index >= 15 is 0 Å². The van der Waals surface area contributed by atoms with E-state index in [2.05, 4.69) is 18.5 Å². The van der Waals surface area contributed by atoms with Gasteiger partial charge in [0.25, 0.3) is 0 Å². The van der Waals surface area contributed by atoms with Gasteiger partial charge in [-0.15, -0.1) is 13.2 Å². The summed E-state index contributed by atoms with van der Waals surface area (Å²) in [7, 11) is 0. The summed E-state index contributed by atoms with van der Waals surface area (Å²) >= 11 is 0. The predicted octanol–water partition coefficient (Wildman–Crippen LogP) is 0.567. The molecular weight excluding hydrogens is 96.9 g/mol. The second-order valence-corrected chi connectivity index (χ2v) is 1.24. The molecule has 0 saturated carbocycles. The zero-order valence-corrected chi connectivity index (χ0v) is 5.06. The van der Waals surface area contributed by atoms with Gasteiger partial charge in [-0.25, -0.2) is 0 Å². The van der Waals surface area contributed by atoms with Gasteiger partial charge in [0, 0.05) is 21.5 Å². The van der Waals surface area contributed by atoms with Crippen molar-refractivity contribution in [3.05, 3.63) is 25.3 Å². The largest absolute Gasteiger partial charge is 0.310 e. The molecule has 0 unspecified atom stereocenters. The van der Waals surface area contributed by atoms with E-state index in [0.29, 0.717) is 0 Å². The summed E-state index contributed by atoms with van der Waals surface area (Å²) in [5.74, 6) is 0. The molecule has 0 aromatic rings. The summed E-state index contributed by atoms with van der Waals surface area (Å²) in [6.45, 7) is 8.81. The molecule has 0 fully saturated rings. The van der Waals surface area contributed by atoms with Crippen LogP contribution in [0.25, 0.3) is 0 Å². The number of rotatable bonds is 4. The standard InChI is InChI=1S/C6H11N.B/c1-3-5-7-6-4-2;/h3-4,7H,1-2,5-6H2;. The molecule has 3 radical (unpaired) electrons. The Morgan fingerprint density at radius 1 is 1.12 bits per heavy atom. The molecule has 0 amide bonds. The summed E-state index contributed by atoms with van der Waals surface area (Å²) in [5.41, 5.74) is 0. The molecule has 0 saturated heterocycles. The first-order chi connectivity index (χ1) is 3.41.